The Morgan fingerprint density at radius 1 is 1.29 bits per heavy atom. The Bertz CT molecular complexity index is 388. The molecule has 2 nitrogen and oxygen atoms in total. The number of benzene rings is 1. The van der Waals surface area contributed by atoms with Crippen molar-refractivity contribution in [2.24, 2.45) is 5.92 Å². The maximum atomic E-state index is 5.70. The lowest BCUT2D eigenvalue weighted by atomic mass is 10.1. The zero-order valence-electron chi connectivity index (χ0n) is 10.8. The smallest absolute Gasteiger partial charge is 0.119 e. The summed E-state index contributed by atoms with van der Waals surface area (Å²) in [6.45, 7) is 6.92. The van der Waals surface area contributed by atoms with Crippen LogP contribution in [0, 0.1) is 5.92 Å². The summed E-state index contributed by atoms with van der Waals surface area (Å²) in [4.78, 5) is 0. The van der Waals surface area contributed by atoms with Gasteiger partial charge in [0, 0.05) is 5.69 Å². The van der Waals surface area contributed by atoms with Gasteiger partial charge in [0.1, 0.15) is 12.4 Å². The van der Waals surface area contributed by atoms with Crippen LogP contribution in [0.25, 0.3) is 0 Å². The molecule has 0 spiro atoms. The van der Waals surface area contributed by atoms with Gasteiger partial charge in [0.05, 0.1) is 0 Å². The predicted octanol–water partition coefficient (Wildman–Crippen LogP) is 3.81. The number of nitrogen functional groups attached to an aromatic ring is 1. The Hall–Kier alpha value is -1.70. The van der Waals surface area contributed by atoms with Crippen LogP contribution in [0.15, 0.2) is 48.1 Å². The molecule has 0 aliphatic heterocycles. The summed E-state index contributed by atoms with van der Waals surface area (Å²) < 4.78 is 5.70. The highest BCUT2D eigenvalue weighted by Gasteiger charge is 1.98. The number of hydrogen-bond donors (Lipinski definition) is 1. The van der Waals surface area contributed by atoms with Crippen LogP contribution in [0.1, 0.15) is 20.8 Å². The molecule has 0 fully saturated rings. The van der Waals surface area contributed by atoms with Gasteiger partial charge in [-0.3, -0.25) is 0 Å². The number of hydrogen-bond acceptors (Lipinski definition) is 2. The van der Waals surface area contributed by atoms with E-state index in [2.05, 4.69) is 26.0 Å². The van der Waals surface area contributed by atoms with Gasteiger partial charge in [-0.1, -0.05) is 32.1 Å². The first-order valence-electron chi connectivity index (χ1n) is 5.93. The topological polar surface area (TPSA) is 35.2 Å². The van der Waals surface area contributed by atoms with Crippen LogP contribution in [0.2, 0.25) is 0 Å². The molecule has 1 aromatic carbocycles. The molecule has 1 rings (SSSR count). The third-order valence-electron chi connectivity index (χ3n) is 2.21. The molecule has 1 aromatic rings. The van der Waals surface area contributed by atoms with Crippen molar-refractivity contribution >= 4 is 5.69 Å². The first-order chi connectivity index (χ1) is 8.11. The molecule has 0 unspecified atom stereocenters. The van der Waals surface area contributed by atoms with E-state index in [0.29, 0.717) is 12.5 Å². The Morgan fingerprint density at radius 3 is 2.47 bits per heavy atom. The molecule has 0 saturated heterocycles. The Morgan fingerprint density at radius 2 is 1.94 bits per heavy atom. The van der Waals surface area contributed by atoms with E-state index in [1.807, 2.05) is 37.3 Å². The standard InChI is InChI=1S/C15H21NO/c1-4-5-13(10-12(2)3)11-17-15-8-6-14(16)7-9-15/h4-10,12H,11,16H2,1-3H3/b5-4-,13-10+. The van der Waals surface area contributed by atoms with Gasteiger partial charge in [-0.05, 0) is 42.7 Å². The maximum Gasteiger partial charge on any atom is 0.119 e. The lowest BCUT2D eigenvalue weighted by Gasteiger charge is -2.08. The molecule has 92 valence electrons. The lowest BCUT2D eigenvalue weighted by molar-refractivity contribution is 0.354. The molecule has 0 aliphatic carbocycles. The Balaban J connectivity index is 2.61. The van der Waals surface area contributed by atoms with Gasteiger partial charge >= 0.3 is 0 Å². The predicted molar refractivity (Wildman–Crippen MR) is 74.1 cm³/mol. The van der Waals surface area contributed by atoms with Crippen LogP contribution in [0.5, 0.6) is 5.75 Å². The largest absolute Gasteiger partial charge is 0.489 e. The zero-order valence-corrected chi connectivity index (χ0v) is 10.8. The summed E-state index contributed by atoms with van der Waals surface area (Å²) in [5.74, 6) is 1.37. The van der Waals surface area contributed by atoms with E-state index in [-0.39, 0.29) is 0 Å². The second-order valence-corrected chi connectivity index (χ2v) is 4.34. The maximum absolute atomic E-state index is 5.70. The van der Waals surface area contributed by atoms with Crippen molar-refractivity contribution in [3.8, 4) is 5.75 Å². The zero-order chi connectivity index (χ0) is 12.7. The van der Waals surface area contributed by atoms with Crippen molar-refractivity contribution in [1.82, 2.24) is 0 Å². The molecule has 2 N–H and O–H groups in total. The van der Waals surface area contributed by atoms with Crippen LogP contribution < -0.4 is 10.5 Å². The van der Waals surface area contributed by atoms with E-state index >= 15 is 0 Å². The van der Waals surface area contributed by atoms with E-state index in [4.69, 9.17) is 10.5 Å². The van der Waals surface area contributed by atoms with Crippen LogP contribution in [0.3, 0.4) is 0 Å². The number of anilines is 1. The highest BCUT2D eigenvalue weighted by atomic mass is 16.5. The average molecular weight is 231 g/mol. The third kappa shape index (κ3) is 5.25. The first-order valence-corrected chi connectivity index (χ1v) is 5.93. The van der Waals surface area contributed by atoms with E-state index in [9.17, 15) is 0 Å². The minimum Gasteiger partial charge on any atom is -0.489 e. The van der Waals surface area contributed by atoms with Crippen LogP contribution in [0.4, 0.5) is 5.69 Å². The van der Waals surface area contributed by atoms with Gasteiger partial charge in [0.15, 0.2) is 0 Å². The molecule has 17 heavy (non-hydrogen) atoms. The summed E-state index contributed by atoms with van der Waals surface area (Å²) in [6.07, 6.45) is 6.31. The van der Waals surface area contributed by atoms with Crippen molar-refractivity contribution in [2.45, 2.75) is 20.8 Å². The number of ether oxygens (including phenoxy) is 1. The van der Waals surface area contributed by atoms with Gasteiger partial charge in [0.2, 0.25) is 0 Å². The first kappa shape index (κ1) is 13.4. The van der Waals surface area contributed by atoms with Crippen molar-refractivity contribution in [3.63, 3.8) is 0 Å². The van der Waals surface area contributed by atoms with E-state index in [0.717, 1.165) is 11.4 Å². The van der Waals surface area contributed by atoms with E-state index in [1.54, 1.807) is 0 Å². The minimum absolute atomic E-state index is 0.524. The Kier molecular flexibility index (Phi) is 5.34. The van der Waals surface area contributed by atoms with Crippen molar-refractivity contribution in [2.75, 3.05) is 12.3 Å². The van der Waals surface area contributed by atoms with Crippen molar-refractivity contribution < 1.29 is 4.74 Å². The summed E-state index contributed by atoms with van der Waals surface area (Å²) >= 11 is 0. The van der Waals surface area contributed by atoms with Gasteiger partial charge in [-0.2, -0.15) is 0 Å². The summed E-state index contributed by atoms with van der Waals surface area (Å²) in [5, 5.41) is 0. The molecule has 0 saturated carbocycles. The summed E-state index contributed by atoms with van der Waals surface area (Å²) in [7, 11) is 0. The van der Waals surface area contributed by atoms with Crippen LogP contribution in [-0.2, 0) is 0 Å². The fourth-order valence-corrected chi connectivity index (χ4v) is 1.52. The number of rotatable bonds is 5. The number of nitrogens with two attached hydrogens (primary N) is 1. The van der Waals surface area contributed by atoms with Gasteiger partial charge < -0.3 is 10.5 Å². The molecule has 0 atom stereocenters. The highest BCUT2D eigenvalue weighted by molar-refractivity contribution is 5.41. The molecule has 0 radical (unpaired) electrons. The fraction of sp³-hybridized carbons (Fsp3) is 0.333. The Labute approximate surface area is 104 Å². The molecule has 0 aliphatic rings. The van der Waals surface area contributed by atoms with Crippen LogP contribution >= 0.6 is 0 Å². The molecule has 0 aromatic heterocycles. The summed E-state index contributed by atoms with van der Waals surface area (Å²) in [5.41, 5.74) is 7.57. The fourth-order valence-electron chi connectivity index (χ4n) is 1.52. The molecular formula is C15H21NO. The van der Waals surface area contributed by atoms with E-state index in [1.165, 1.54) is 5.57 Å². The molecule has 0 heterocycles. The molecule has 0 amide bonds. The van der Waals surface area contributed by atoms with Gasteiger partial charge in [-0.15, -0.1) is 0 Å². The average Bonchev–Trinajstić information content (AvgIpc) is 2.27. The van der Waals surface area contributed by atoms with E-state index < -0.39 is 0 Å². The molecular weight excluding hydrogens is 210 g/mol. The lowest BCUT2D eigenvalue weighted by Crippen LogP contribution is -2.01. The normalized spacial score (nSPS) is 12.4. The second-order valence-electron chi connectivity index (χ2n) is 4.34. The third-order valence-corrected chi connectivity index (χ3v) is 2.21. The van der Waals surface area contributed by atoms with Gasteiger partial charge in [-0.25, -0.2) is 0 Å². The number of allylic oxidation sites excluding steroid dienone is 2. The quantitative estimate of drug-likeness (QED) is 0.618. The highest BCUT2D eigenvalue weighted by Crippen LogP contribution is 2.14. The van der Waals surface area contributed by atoms with Crippen LogP contribution in [-0.4, -0.2) is 6.61 Å². The summed E-state index contributed by atoms with van der Waals surface area (Å²) in [6, 6.07) is 7.46. The SMILES string of the molecule is C/C=C\C(=C/C(C)C)COc1ccc(N)cc1. The van der Waals surface area contributed by atoms with Crippen molar-refractivity contribution in [3.05, 3.63) is 48.1 Å². The second kappa shape index (κ2) is 6.79. The molecule has 2 heteroatoms. The minimum atomic E-state index is 0.524. The monoisotopic (exact) mass is 231 g/mol. The van der Waals surface area contributed by atoms with Crippen molar-refractivity contribution in [1.29, 1.82) is 0 Å². The molecule has 0 bridgehead atoms. The van der Waals surface area contributed by atoms with Gasteiger partial charge in [0.25, 0.3) is 0 Å².